The van der Waals surface area contributed by atoms with Crippen LogP contribution in [0.15, 0.2) is 53.8 Å². The van der Waals surface area contributed by atoms with Crippen molar-refractivity contribution in [2.75, 3.05) is 5.32 Å². The highest BCUT2D eigenvalue weighted by molar-refractivity contribution is 6.32. The van der Waals surface area contributed by atoms with Gasteiger partial charge in [0.15, 0.2) is 5.82 Å². The number of nitrogens with one attached hydrogen (secondary N) is 1. The van der Waals surface area contributed by atoms with E-state index in [1.54, 1.807) is 18.5 Å². The SMILES string of the molecule is O=c1c(Cl)c(NCc2cccnc2)cnn1-c1ccc(C(F)(F)F)cn1. The molecule has 0 fully saturated rings. The van der Waals surface area contributed by atoms with Gasteiger partial charge in [-0.1, -0.05) is 17.7 Å². The summed E-state index contributed by atoms with van der Waals surface area (Å²) in [6.45, 7) is 0.372. The lowest BCUT2D eigenvalue weighted by atomic mass is 10.3. The fourth-order valence-electron chi connectivity index (χ4n) is 2.10. The van der Waals surface area contributed by atoms with Crippen molar-refractivity contribution in [1.82, 2.24) is 19.7 Å². The van der Waals surface area contributed by atoms with E-state index < -0.39 is 17.3 Å². The Hall–Kier alpha value is -2.94. The third-order valence-corrected chi connectivity index (χ3v) is 3.78. The van der Waals surface area contributed by atoms with Crippen LogP contribution in [0.1, 0.15) is 11.1 Å². The number of pyridine rings is 2. The maximum atomic E-state index is 12.6. The lowest BCUT2D eigenvalue weighted by Crippen LogP contribution is -2.23. The van der Waals surface area contributed by atoms with Gasteiger partial charge in [-0.3, -0.25) is 9.78 Å². The molecule has 0 bridgehead atoms. The van der Waals surface area contributed by atoms with Gasteiger partial charge in [-0.15, -0.1) is 0 Å². The van der Waals surface area contributed by atoms with E-state index in [2.05, 4.69) is 20.4 Å². The van der Waals surface area contributed by atoms with Crippen molar-refractivity contribution in [1.29, 1.82) is 0 Å². The lowest BCUT2D eigenvalue weighted by molar-refractivity contribution is -0.137. The maximum Gasteiger partial charge on any atom is 0.417 e. The van der Waals surface area contributed by atoms with E-state index in [4.69, 9.17) is 11.6 Å². The van der Waals surface area contributed by atoms with Crippen LogP contribution in [0.4, 0.5) is 18.9 Å². The summed E-state index contributed by atoms with van der Waals surface area (Å²) in [5.74, 6) is -0.0660. The molecule has 0 unspecified atom stereocenters. The van der Waals surface area contributed by atoms with Gasteiger partial charge in [0.25, 0.3) is 5.56 Å². The normalized spacial score (nSPS) is 11.4. The van der Waals surface area contributed by atoms with E-state index in [-0.39, 0.29) is 10.8 Å². The van der Waals surface area contributed by atoms with E-state index in [9.17, 15) is 18.0 Å². The minimum atomic E-state index is -4.51. The van der Waals surface area contributed by atoms with Crippen molar-refractivity contribution in [3.8, 4) is 5.82 Å². The van der Waals surface area contributed by atoms with Crippen molar-refractivity contribution in [2.45, 2.75) is 12.7 Å². The standard InChI is InChI=1S/C16H11ClF3N5O/c17-14-12(22-7-10-2-1-5-21-6-10)9-24-25(15(14)26)13-4-3-11(8-23-13)16(18,19)20/h1-6,8-9,22H,7H2. The van der Waals surface area contributed by atoms with E-state index in [1.807, 2.05) is 6.07 Å². The molecule has 134 valence electrons. The predicted molar refractivity (Wildman–Crippen MR) is 89.2 cm³/mol. The highest BCUT2D eigenvalue weighted by Gasteiger charge is 2.30. The third-order valence-electron chi connectivity index (χ3n) is 3.42. The minimum absolute atomic E-state index is 0.0660. The second-order valence-electron chi connectivity index (χ2n) is 5.21. The molecule has 26 heavy (non-hydrogen) atoms. The van der Waals surface area contributed by atoms with Crippen molar-refractivity contribution in [3.05, 3.63) is 75.6 Å². The fourth-order valence-corrected chi connectivity index (χ4v) is 2.29. The Kier molecular flexibility index (Phi) is 4.90. The molecular formula is C16H11ClF3N5O. The predicted octanol–water partition coefficient (Wildman–Crippen LogP) is 3.31. The summed E-state index contributed by atoms with van der Waals surface area (Å²) in [7, 11) is 0. The van der Waals surface area contributed by atoms with Crippen molar-refractivity contribution in [3.63, 3.8) is 0 Å². The maximum absolute atomic E-state index is 12.6. The topological polar surface area (TPSA) is 72.7 Å². The van der Waals surface area contributed by atoms with Crippen LogP contribution in [0.2, 0.25) is 5.02 Å². The average molecular weight is 382 g/mol. The summed E-state index contributed by atoms with van der Waals surface area (Å²) in [6.07, 6.45) is 0.713. The molecule has 0 aliphatic heterocycles. The fraction of sp³-hybridized carbons (Fsp3) is 0.125. The number of hydrogen-bond acceptors (Lipinski definition) is 5. The summed E-state index contributed by atoms with van der Waals surface area (Å²) < 4.78 is 38.6. The Morgan fingerprint density at radius 3 is 2.58 bits per heavy atom. The Balaban J connectivity index is 1.84. The van der Waals surface area contributed by atoms with Crippen LogP contribution in [0.5, 0.6) is 0 Å². The van der Waals surface area contributed by atoms with Gasteiger partial charge in [-0.25, -0.2) is 4.98 Å². The van der Waals surface area contributed by atoms with Crippen molar-refractivity contribution < 1.29 is 13.2 Å². The van der Waals surface area contributed by atoms with Crippen LogP contribution in [0.3, 0.4) is 0 Å². The van der Waals surface area contributed by atoms with Gasteiger partial charge in [0.05, 0.1) is 17.4 Å². The zero-order valence-electron chi connectivity index (χ0n) is 13.0. The summed E-state index contributed by atoms with van der Waals surface area (Å²) in [5, 5.41) is 6.72. The van der Waals surface area contributed by atoms with Crippen LogP contribution in [0.25, 0.3) is 5.82 Å². The Morgan fingerprint density at radius 1 is 1.15 bits per heavy atom. The molecule has 1 N–H and O–H groups in total. The first-order valence-corrected chi connectivity index (χ1v) is 7.68. The average Bonchev–Trinajstić information content (AvgIpc) is 2.63. The van der Waals surface area contributed by atoms with Crippen LogP contribution in [-0.4, -0.2) is 19.7 Å². The van der Waals surface area contributed by atoms with E-state index >= 15 is 0 Å². The van der Waals surface area contributed by atoms with Crippen LogP contribution in [-0.2, 0) is 12.7 Å². The van der Waals surface area contributed by atoms with E-state index in [0.29, 0.717) is 18.4 Å². The third kappa shape index (κ3) is 3.83. The molecule has 3 aromatic heterocycles. The number of halogens is 4. The monoisotopic (exact) mass is 381 g/mol. The van der Waals surface area contributed by atoms with E-state index in [0.717, 1.165) is 22.4 Å². The van der Waals surface area contributed by atoms with Gasteiger partial charge in [0.1, 0.15) is 5.02 Å². The molecule has 0 saturated carbocycles. The summed E-state index contributed by atoms with van der Waals surface area (Å²) in [5.41, 5.74) is -0.453. The zero-order chi connectivity index (χ0) is 18.7. The molecule has 10 heteroatoms. The molecule has 6 nitrogen and oxygen atoms in total. The first kappa shape index (κ1) is 17.9. The number of aromatic nitrogens is 4. The molecule has 3 heterocycles. The van der Waals surface area contributed by atoms with Crippen LogP contribution < -0.4 is 10.9 Å². The Labute approximate surface area is 150 Å². The smallest absolute Gasteiger partial charge is 0.378 e. The molecule has 0 atom stereocenters. The number of hydrogen-bond donors (Lipinski definition) is 1. The molecule has 0 saturated heterocycles. The molecule has 0 radical (unpaired) electrons. The second kappa shape index (κ2) is 7.12. The van der Waals surface area contributed by atoms with Gasteiger partial charge < -0.3 is 5.32 Å². The van der Waals surface area contributed by atoms with Crippen molar-refractivity contribution in [2.24, 2.45) is 0 Å². The van der Waals surface area contributed by atoms with Crippen LogP contribution >= 0.6 is 11.6 Å². The molecule has 0 aliphatic rings. The highest BCUT2D eigenvalue weighted by Crippen LogP contribution is 2.28. The van der Waals surface area contributed by atoms with Gasteiger partial charge in [0, 0.05) is 25.1 Å². The van der Waals surface area contributed by atoms with Gasteiger partial charge in [0.2, 0.25) is 0 Å². The summed E-state index contributed by atoms with van der Waals surface area (Å²) >= 11 is 6.06. The number of alkyl halides is 3. The molecule has 3 aromatic rings. The molecule has 0 aliphatic carbocycles. The van der Waals surface area contributed by atoms with Gasteiger partial charge >= 0.3 is 6.18 Å². The van der Waals surface area contributed by atoms with Gasteiger partial charge in [-0.05, 0) is 23.8 Å². The minimum Gasteiger partial charge on any atom is -0.378 e. The molecule has 0 spiro atoms. The van der Waals surface area contributed by atoms with Gasteiger partial charge in [-0.2, -0.15) is 23.0 Å². The second-order valence-corrected chi connectivity index (χ2v) is 5.58. The molecule has 3 rings (SSSR count). The number of rotatable bonds is 4. The number of anilines is 1. The summed E-state index contributed by atoms with van der Waals surface area (Å²) in [4.78, 5) is 19.9. The molecular weight excluding hydrogens is 371 g/mol. The zero-order valence-corrected chi connectivity index (χ0v) is 13.8. The summed E-state index contributed by atoms with van der Waals surface area (Å²) in [6, 6.07) is 5.48. The number of nitrogens with zero attached hydrogens (tertiary/aromatic N) is 4. The first-order chi connectivity index (χ1) is 12.4. The Bertz CT molecular complexity index is 958. The first-order valence-electron chi connectivity index (χ1n) is 7.30. The Morgan fingerprint density at radius 2 is 1.96 bits per heavy atom. The highest BCUT2D eigenvalue weighted by atomic mass is 35.5. The largest absolute Gasteiger partial charge is 0.417 e. The van der Waals surface area contributed by atoms with Crippen molar-refractivity contribution >= 4 is 17.3 Å². The molecule has 0 amide bonds. The quantitative estimate of drug-likeness (QED) is 0.750. The van der Waals surface area contributed by atoms with Crippen LogP contribution in [0, 0.1) is 0 Å². The van der Waals surface area contributed by atoms with E-state index in [1.165, 1.54) is 6.20 Å². The lowest BCUT2D eigenvalue weighted by Gasteiger charge is -2.11. The molecule has 0 aromatic carbocycles.